The van der Waals surface area contributed by atoms with Gasteiger partial charge in [-0.25, -0.2) is 0 Å². The lowest BCUT2D eigenvalue weighted by molar-refractivity contribution is 0.0833. The van der Waals surface area contributed by atoms with Gasteiger partial charge in [0.25, 0.3) is 5.91 Å². The van der Waals surface area contributed by atoms with E-state index in [2.05, 4.69) is 11.5 Å². The third-order valence-corrected chi connectivity index (χ3v) is 4.13. The van der Waals surface area contributed by atoms with Crippen molar-refractivity contribution < 1.29 is 4.79 Å². The van der Waals surface area contributed by atoms with Crippen LogP contribution in [0.15, 0.2) is 30.8 Å². The van der Waals surface area contributed by atoms with Crippen LogP contribution in [0.2, 0.25) is 0 Å². The minimum atomic E-state index is 0.109. The van der Waals surface area contributed by atoms with E-state index in [-0.39, 0.29) is 5.91 Å². The molecule has 0 atom stereocenters. The molecule has 3 heteroatoms. The van der Waals surface area contributed by atoms with Gasteiger partial charge < -0.3 is 9.80 Å². The Balaban J connectivity index is 1.67. The fraction of sp³-hybridized carbons (Fsp3) is 0.438. The third-order valence-electron chi connectivity index (χ3n) is 4.13. The van der Waals surface area contributed by atoms with E-state index in [4.69, 9.17) is 0 Å². The molecule has 0 unspecified atom stereocenters. The Bertz CT molecular complexity index is 468. The van der Waals surface area contributed by atoms with Crippen molar-refractivity contribution in [2.45, 2.75) is 19.3 Å². The van der Waals surface area contributed by atoms with E-state index in [0.29, 0.717) is 0 Å². The number of benzene rings is 1. The molecule has 100 valence electrons. The number of hydrogen-bond donors (Lipinski definition) is 0. The predicted molar refractivity (Wildman–Crippen MR) is 76.8 cm³/mol. The van der Waals surface area contributed by atoms with E-state index in [1.165, 1.54) is 32.4 Å². The molecule has 1 aromatic carbocycles. The highest BCUT2D eigenvalue weighted by atomic mass is 16.2. The molecule has 2 aliphatic heterocycles. The second kappa shape index (κ2) is 5.17. The van der Waals surface area contributed by atoms with Gasteiger partial charge in [-0.2, -0.15) is 0 Å². The topological polar surface area (TPSA) is 23.6 Å². The van der Waals surface area contributed by atoms with Crippen LogP contribution < -0.4 is 0 Å². The predicted octanol–water partition coefficient (Wildman–Crippen LogP) is 2.60. The number of carbonyl (C=O) groups is 1. The third kappa shape index (κ3) is 2.30. The van der Waals surface area contributed by atoms with Gasteiger partial charge in [-0.3, -0.25) is 4.79 Å². The Morgan fingerprint density at radius 3 is 2.37 bits per heavy atom. The van der Waals surface area contributed by atoms with Gasteiger partial charge in [0.1, 0.15) is 0 Å². The maximum absolute atomic E-state index is 12.3. The molecule has 2 aliphatic rings. The molecule has 19 heavy (non-hydrogen) atoms. The molecular weight excluding hydrogens is 236 g/mol. The Kier molecular flexibility index (Phi) is 3.38. The molecule has 0 aromatic heterocycles. The lowest BCUT2D eigenvalue weighted by atomic mass is 10.1. The zero-order valence-electron chi connectivity index (χ0n) is 11.3. The zero-order valence-corrected chi connectivity index (χ0v) is 11.3. The molecule has 3 nitrogen and oxygen atoms in total. The number of piperidine rings is 1. The molecule has 0 aliphatic carbocycles. The molecule has 0 saturated carbocycles. The first kappa shape index (κ1) is 12.4. The Labute approximate surface area is 114 Å². The summed E-state index contributed by atoms with van der Waals surface area (Å²) in [4.78, 5) is 16.6. The van der Waals surface area contributed by atoms with Crippen LogP contribution in [0.1, 0.15) is 35.2 Å². The summed E-state index contributed by atoms with van der Waals surface area (Å²) in [5.74, 6) is 0.109. The molecule has 0 N–H and O–H groups in total. The van der Waals surface area contributed by atoms with Crippen LogP contribution in [0.5, 0.6) is 0 Å². The van der Waals surface area contributed by atoms with Crippen molar-refractivity contribution in [3.63, 3.8) is 0 Å². The molecular formula is C16H20N2O. The van der Waals surface area contributed by atoms with E-state index in [0.717, 1.165) is 29.9 Å². The van der Waals surface area contributed by atoms with Gasteiger partial charge in [0.15, 0.2) is 0 Å². The number of fused-ring (bicyclic) bond motifs is 1. The number of amides is 1. The highest BCUT2D eigenvalue weighted by Crippen LogP contribution is 2.30. The first-order valence-corrected chi connectivity index (χ1v) is 7.10. The summed E-state index contributed by atoms with van der Waals surface area (Å²) in [6.45, 7) is 8.13. The quantitative estimate of drug-likeness (QED) is 0.830. The zero-order chi connectivity index (χ0) is 13.2. The van der Waals surface area contributed by atoms with Crippen molar-refractivity contribution >= 4 is 11.6 Å². The fourth-order valence-electron chi connectivity index (χ4n) is 3.00. The summed E-state index contributed by atoms with van der Waals surface area (Å²) in [5, 5.41) is 0. The van der Waals surface area contributed by atoms with Gasteiger partial charge in [-0.05, 0) is 32.0 Å². The number of rotatable bonds is 3. The Hall–Kier alpha value is -1.61. The van der Waals surface area contributed by atoms with Gasteiger partial charge in [0.05, 0.1) is 0 Å². The molecule has 1 fully saturated rings. The smallest absolute Gasteiger partial charge is 0.258 e. The monoisotopic (exact) mass is 256 g/mol. The van der Waals surface area contributed by atoms with Gasteiger partial charge >= 0.3 is 0 Å². The van der Waals surface area contributed by atoms with Crippen LogP contribution in [0.4, 0.5) is 0 Å². The molecule has 2 heterocycles. The van der Waals surface area contributed by atoms with Gasteiger partial charge in [-0.15, -0.1) is 0 Å². The molecule has 0 radical (unpaired) electrons. The minimum absolute atomic E-state index is 0.109. The maximum atomic E-state index is 12.3. The van der Waals surface area contributed by atoms with E-state index in [1.807, 2.05) is 29.2 Å². The van der Waals surface area contributed by atoms with Crippen molar-refractivity contribution in [2.24, 2.45) is 0 Å². The first-order chi connectivity index (χ1) is 9.27. The van der Waals surface area contributed by atoms with Crippen LogP contribution >= 0.6 is 0 Å². The van der Waals surface area contributed by atoms with Crippen molar-refractivity contribution in [1.82, 2.24) is 9.80 Å². The fourth-order valence-corrected chi connectivity index (χ4v) is 3.00. The summed E-state index contributed by atoms with van der Waals surface area (Å²) >= 11 is 0. The average molecular weight is 256 g/mol. The van der Waals surface area contributed by atoms with Crippen molar-refractivity contribution in [3.05, 3.63) is 42.0 Å². The van der Waals surface area contributed by atoms with Crippen LogP contribution in [0, 0.1) is 0 Å². The van der Waals surface area contributed by atoms with Crippen LogP contribution in [-0.2, 0) is 0 Å². The average Bonchev–Trinajstić information content (AvgIpc) is 2.71. The number of nitrogens with zero attached hydrogens (tertiary/aromatic N) is 2. The van der Waals surface area contributed by atoms with Gasteiger partial charge in [0, 0.05) is 29.9 Å². The maximum Gasteiger partial charge on any atom is 0.258 e. The molecule has 1 aromatic rings. The molecule has 1 saturated heterocycles. The van der Waals surface area contributed by atoms with E-state index < -0.39 is 0 Å². The summed E-state index contributed by atoms with van der Waals surface area (Å²) in [5.41, 5.74) is 2.65. The number of hydrogen-bond acceptors (Lipinski definition) is 2. The minimum Gasteiger partial charge on any atom is -0.307 e. The van der Waals surface area contributed by atoms with Gasteiger partial charge in [0.2, 0.25) is 0 Å². The highest BCUT2D eigenvalue weighted by molar-refractivity contribution is 6.08. The van der Waals surface area contributed by atoms with Crippen LogP contribution in [0.25, 0.3) is 5.70 Å². The van der Waals surface area contributed by atoms with Crippen molar-refractivity contribution in [2.75, 3.05) is 26.2 Å². The second-order valence-electron chi connectivity index (χ2n) is 5.35. The first-order valence-electron chi connectivity index (χ1n) is 7.10. The normalized spacial score (nSPS) is 19.9. The SMILES string of the molecule is C=C1c2ccccc2C(=O)N1CCN1CCCCC1. The van der Waals surface area contributed by atoms with E-state index in [9.17, 15) is 4.79 Å². The number of carbonyl (C=O) groups excluding carboxylic acids is 1. The van der Waals surface area contributed by atoms with Crippen LogP contribution in [-0.4, -0.2) is 41.9 Å². The number of likely N-dealkylation sites (tertiary alicyclic amines) is 1. The lowest BCUT2D eigenvalue weighted by Gasteiger charge is -2.28. The second-order valence-corrected chi connectivity index (χ2v) is 5.35. The summed E-state index contributed by atoms with van der Waals surface area (Å²) in [7, 11) is 0. The van der Waals surface area contributed by atoms with Crippen LogP contribution in [0.3, 0.4) is 0 Å². The largest absolute Gasteiger partial charge is 0.307 e. The van der Waals surface area contributed by atoms with Crippen molar-refractivity contribution in [3.8, 4) is 0 Å². The Morgan fingerprint density at radius 2 is 1.68 bits per heavy atom. The van der Waals surface area contributed by atoms with Gasteiger partial charge in [-0.1, -0.05) is 31.2 Å². The highest BCUT2D eigenvalue weighted by Gasteiger charge is 2.30. The summed E-state index contributed by atoms with van der Waals surface area (Å²) in [6.07, 6.45) is 3.92. The standard InChI is InChI=1S/C16H20N2O/c1-13-14-7-3-4-8-15(14)16(19)18(13)12-11-17-9-5-2-6-10-17/h3-4,7-8H,1-2,5-6,9-12H2. The molecule has 3 rings (SSSR count). The van der Waals surface area contributed by atoms with E-state index in [1.54, 1.807) is 0 Å². The summed E-state index contributed by atoms with van der Waals surface area (Å²) in [6, 6.07) is 7.75. The molecule has 0 bridgehead atoms. The van der Waals surface area contributed by atoms with Crippen molar-refractivity contribution in [1.29, 1.82) is 0 Å². The summed E-state index contributed by atoms with van der Waals surface area (Å²) < 4.78 is 0. The lowest BCUT2D eigenvalue weighted by Crippen LogP contribution is -2.37. The Morgan fingerprint density at radius 1 is 1.00 bits per heavy atom. The molecule has 1 amide bonds. The van der Waals surface area contributed by atoms with E-state index >= 15 is 0 Å². The molecule has 0 spiro atoms.